The lowest BCUT2D eigenvalue weighted by Crippen LogP contribution is -2.51. The number of hydrogen-bond donors (Lipinski definition) is 0. The molecular formula is C16H22BrClN2O2. The minimum atomic E-state index is -0.470. The molecule has 0 radical (unpaired) electrons. The van der Waals surface area contributed by atoms with E-state index in [0.717, 1.165) is 36.9 Å². The second kappa shape index (κ2) is 7.20. The molecule has 0 N–H and O–H groups in total. The van der Waals surface area contributed by atoms with Crippen molar-refractivity contribution < 1.29 is 9.53 Å². The Morgan fingerprint density at radius 1 is 1.23 bits per heavy atom. The van der Waals surface area contributed by atoms with Gasteiger partial charge in [0.05, 0.1) is 10.7 Å². The summed E-state index contributed by atoms with van der Waals surface area (Å²) in [5.41, 5.74) is 0.579. The zero-order valence-electron chi connectivity index (χ0n) is 13.2. The van der Waals surface area contributed by atoms with E-state index >= 15 is 0 Å². The maximum Gasteiger partial charge on any atom is 0.335 e. The molecule has 0 aliphatic carbocycles. The van der Waals surface area contributed by atoms with Crippen molar-refractivity contribution in [3.8, 4) is 0 Å². The van der Waals surface area contributed by atoms with Crippen LogP contribution in [0.1, 0.15) is 20.8 Å². The minimum Gasteiger partial charge on any atom is -0.458 e. The van der Waals surface area contributed by atoms with Crippen LogP contribution in [0.5, 0.6) is 0 Å². The number of halogens is 2. The summed E-state index contributed by atoms with van der Waals surface area (Å²) in [4.78, 5) is 16.0. The van der Waals surface area contributed by atoms with E-state index in [1.807, 2.05) is 45.0 Å². The van der Waals surface area contributed by atoms with Crippen molar-refractivity contribution >= 4 is 39.2 Å². The number of rotatable bonds is 3. The van der Waals surface area contributed by atoms with Crippen LogP contribution < -0.4 is 4.90 Å². The zero-order chi connectivity index (χ0) is 16.3. The van der Waals surface area contributed by atoms with Gasteiger partial charge in [-0.2, -0.15) is 0 Å². The lowest BCUT2D eigenvalue weighted by molar-refractivity contribution is -0.157. The van der Waals surface area contributed by atoms with Gasteiger partial charge in [-0.1, -0.05) is 39.7 Å². The van der Waals surface area contributed by atoms with Crippen molar-refractivity contribution in [2.24, 2.45) is 0 Å². The first-order valence-electron chi connectivity index (χ1n) is 7.38. The molecule has 0 spiro atoms. The van der Waals surface area contributed by atoms with Crippen LogP contribution in [-0.4, -0.2) is 47.6 Å². The molecule has 6 heteroatoms. The number of carbonyl (C=O) groups excluding carboxylic acids is 1. The summed E-state index contributed by atoms with van der Waals surface area (Å²) in [6.45, 7) is 8.84. The molecule has 1 aliphatic rings. The average Bonchev–Trinajstić information content (AvgIpc) is 2.45. The molecule has 1 fully saturated rings. The third-order valence-electron chi connectivity index (χ3n) is 3.43. The number of benzene rings is 1. The highest BCUT2D eigenvalue weighted by atomic mass is 79.9. The van der Waals surface area contributed by atoms with E-state index in [-0.39, 0.29) is 5.97 Å². The number of nitrogens with zero attached hydrogens (tertiary/aromatic N) is 2. The van der Waals surface area contributed by atoms with Crippen LogP contribution in [0, 0.1) is 0 Å². The zero-order valence-corrected chi connectivity index (χ0v) is 15.5. The normalized spacial score (nSPS) is 18.1. The third-order valence-corrected chi connectivity index (χ3v) is 4.70. The number of esters is 1. The first-order valence-corrected chi connectivity index (χ1v) is 8.68. The second-order valence-electron chi connectivity index (χ2n) is 6.34. The van der Waals surface area contributed by atoms with Crippen molar-refractivity contribution in [2.45, 2.75) is 31.3 Å². The van der Waals surface area contributed by atoms with Gasteiger partial charge in [-0.15, -0.1) is 0 Å². The van der Waals surface area contributed by atoms with Crippen LogP contribution in [0.4, 0.5) is 5.69 Å². The fraction of sp³-hybridized carbons (Fsp3) is 0.562. The SMILES string of the molecule is CC(C)(C)OC(=O)C(Br)N1CCN(c2ccccc2Cl)CC1. The van der Waals surface area contributed by atoms with E-state index in [4.69, 9.17) is 16.3 Å². The second-order valence-corrected chi connectivity index (χ2v) is 7.62. The van der Waals surface area contributed by atoms with Crippen molar-refractivity contribution in [3.05, 3.63) is 29.3 Å². The highest BCUT2D eigenvalue weighted by Gasteiger charge is 2.30. The Hall–Kier alpha value is -0.780. The van der Waals surface area contributed by atoms with Gasteiger partial charge in [0.25, 0.3) is 0 Å². The Bertz CT molecular complexity index is 525. The summed E-state index contributed by atoms with van der Waals surface area (Å²) in [6.07, 6.45) is 0. The highest BCUT2D eigenvalue weighted by molar-refractivity contribution is 9.09. The summed E-state index contributed by atoms with van der Waals surface area (Å²) in [7, 11) is 0. The van der Waals surface area contributed by atoms with Gasteiger partial charge in [-0.3, -0.25) is 4.90 Å². The Morgan fingerprint density at radius 2 is 1.82 bits per heavy atom. The fourth-order valence-corrected chi connectivity index (χ4v) is 3.16. The van der Waals surface area contributed by atoms with Crippen molar-refractivity contribution in [1.82, 2.24) is 4.90 Å². The van der Waals surface area contributed by atoms with E-state index in [1.165, 1.54) is 0 Å². The number of anilines is 1. The van der Waals surface area contributed by atoms with Crippen LogP contribution in [0.25, 0.3) is 0 Å². The van der Waals surface area contributed by atoms with Crippen LogP contribution in [0.2, 0.25) is 5.02 Å². The van der Waals surface area contributed by atoms with Crippen molar-refractivity contribution in [3.63, 3.8) is 0 Å². The lowest BCUT2D eigenvalue weighted by atomic mass is 10.2. The summed E-state index contributed by atoms with van der Waals surface area (Å²) in [6, 6.07) is 7.84. The van der Waals surface area contributed by atoms with E-state index in [9.17, 15) is 4.79 Å². The molecule has 1 saturated heterocycles. The molecule has 0 saturated carbocycles. The molecule has 122 valence electrons. The van der Waals surface area contributed by atoms with Gasteiger partial charge in [-0.25, -0.2) is 4.79 Å². The molecule has 0 bridgehead atoms. The standard InChI is InChI=1S/C16H22BrClN2O2/c1-16(2,3)22-15(21)14(17)20-10-8-19(9-11-20)13-7-5-4-6-12(13)18/h4-7,14H,8-11H2,1-3H3. The number of hydrogen-bond acceptors (Lipinski definition) is 4. The van der Waals surface area contributed by atoms with Gasteiger partial charge in [-0.05, 0) is 32.9 Å². The van der Waals surface area contributed by atoms with E-state index in [1.54, 1.807) is 0 Å². The lowest BCUT2D eigenvalue weighted by Gasteiger charge is -2.38. The molecule has 0 aromatic heterocycles. The number of alkyl halides is 1. The highest BCUT2D eigenvalue weighted by Crippen LogP contribution is 2.27. The van der Waals surface area contributed by atoms with Crippen LogP contribution >= 0.6 is 27.5 Å². The molecule has 22 heavy (non-hydrogen) atoms. The Labute approximate surface area is 145 Å². The maximum atomic E-state index is 12.1. The third kappa shape index (κ3) is 4.61. The van der Waals surface area contributed by atoms with E-state index in [2.05, 4.69) is 25.7 Å². The van der Waals surface area contributed by atoms with Crippen LogP contribution in [0.15, 0.2) is 24.3 Å². The van der Waals surface area contributed by atoms with E-state index in [0.29, 0.717) is 0 Å². The summed E-state index contributed by atoms with van der Waals surface area (Å²) >= 11 is 9.70. The Balaban J connectivity index is 1.92. The molecule has 2 rings (SSSR count). The minimum absolute atomic E-state index is 0.237. The van der Waals surface area contributed by atoms with Gasteiger partial charge in [0.15, 0.2) is 4.95 Å². The largest absolute Gasteiger partial charge is 0.458 e. The molecule has 0 amide bonds. The van der Waals surface area contributed by atoms with Gasteiger partial charge in [0.1, 0.15) is 5.60 Å². The molecule has 1 atom stereocenters. The summed E-state index contributed by atoms with van der Waals surface area (Å²) in [5, 5.41) is 0.762. The summed E-state index contributed by atoms with van der Waals surface area (Å²) in [5.74, 6) is -0.237. The number of piperazine rings is 1. The van der Waals surface area contributed by atoms with Crippen molar-refractivity contribution in [2.75, 3.05) is 31.1 Å². The quantitative estimate of drug-likeness (QED) is 0.450. The first-order chi connectivity index (χ1) is 10.3. The Kier molecular flexibility index (Phi) is 5.75. The molecule has 1 aliphatic heterocycles. The Morgan fingerprint density at radius 3 is 2.36 bits per heavy atom. The predicted octanol–water partition coefficient (Wildman–Crippen LogP) is 3.52. The van der Waals surface area contributed by atoms with Gasteiger partial charge in [0, 0.05) is 26.2 Å². The smallest absolute Gasteiger partial charge is 0.335 e. The molecule has 1 heterocycles. The number of carbonyl (C=O) groups is 1. The average molecular weight is 390 g/mol. The van der Waals surface area contributed by atoms with Gasteiger partial charge < -0.3 is 9.64 Å². The van der Waals surface area contributed by atoms with Gasteiger partial charge in [0.2, 0.25) is 0 Å². The molecule has 4 nitrogen and oxygen atoms in total. The van der Waals surface area contributed by atoms with Crippen molar-refractivity contribution in [1.29, 1.82) is 0 Å². The first kappa shape index (κ1) is 17.6. The van der Waals surface area contributed by atoms with Crippen LogP contribution in [0.3, 0.4) is 0 Å². The topological polar surface area (TPSA) is 32.8 Å². The maximum absolute atomic E-state index is 12.1. The van der Waals surface area contributed by atoms with Gasteiger partial charge >= 0.3 is 5.97 Å². The molecular weight excluding hydrogens is 368 g/mol. The van der Waals surface area contributed by atoms with Crippen LogP contribution in [-0.2, 0) is 9.53 Å². The predicted molar refractivity (Wildman–Crippen MR) is 93.8 cm³/mol. The molecule has 1 aromatic carbocycles. The monoisotopic (exact) mass is 388 g/mol. The fourth-order valence-electron chi connectivity index (χ4n) is 2.40. The molecule has 1 aromatic rings. The number of ether oxygens (including phenoxy) is 1. The van der Waals surface area contributed by atoms with E-state index < -0.39 is 10.6 Å². The molecule has 1 unspecified atom stereocenters. The number of para-hydroxylation sites is 1. The summed E-state index contributed by atoms with van der Waals surface area (Å²) < 4.78 is 5.42.